The Balaban J connectivity index is 2.16. The van der Waals surface area contributed by atoms with Crippen LogP contribution >= 0.6 is 0 Å². The minimum atomic E-state index is 0.144. The van der Waals surface area contributed by atoms with E-state index in [4.69, 9.17) is 5.73 Å². The van der Waals surface area contributed by atoms with Gasteiger partial charge in [0.05, 0.1) is 5.66 Å². The van der Waals surface area contributed by atoms with Crippen LogP contribution in [0.3, 0.4) is 0 Å². The average molecular weight is 110 g/mol. The highest BCUT2D eigenvalue weighted by Crippen LogP contribution is 2.63. The highest BCUT2D eigenvalue weighted by atomic mass is 15.3. The summed E-state index contributed by atoms with van der Waals surface area (Å²) in [7, 11) is 0. The third-order valence-electron chi connectivity index (χ3n) is 3.13. The van der Waals surface area contributed by atoms with Crippen molar-refractivity contribution in [1.29, 1.82) is 0 Å². The zero-order chi connectivity index (χ0) is 5.35. The van der Waals surface area contributed by atoms with Gasteiger partial charge in [-0.15, -0.1) is 0 Å². The number of nitrogens with one attached hydrogen (secondary N) is 1. The summed E-state index contributed by atoms with van der Waals surface area (Å²) in [6.45, 7) is 0. The molecule has 4 rings (SSSR count). The molecule has 0 aromatic rings. The molecule has 3 N–H and O–H groups in total. The molecule has 2 unspecified atom stereocenters. The third-order valence-corrected chi connectivity index (χ3v) is 3.13. The summed E-state index contributed by atoms with van der Waals surface area (Å²) in [5.41, 5.74) is 6.07. The van der Waals surface area contributed by atoms with Crippen molar-refractivity contribution in [3.05, 3.63) is 0 Å². The molecule has 0 aromatic heterocycles. The van der Waals surface area contributed by atoms with Crippen LogP contribution < -0.4 is 11.1 Å². The van der Waals surface area contributed by atoms with E-state index in [9.17, 15) is 0 Å². The summed E-state index contributed by atoms with van der Waals surface area (Å²) in [6, 6.07) is 0.801. The predicted octanol–water partition coefficient (Wildman–Crippen LogP) is -0.347. The van der Waals surface area contributed by atoms with Gasteiger partial charge in [-0.25, -0.2) is 0 Å². The molecule has 0 amide bonds. The molecule has 2 saturated heterocycles. The predicted molar refractivity (Wildman–Crippen MR) is 30.1 cm³/mol. The fraction of sp³-hybridized carbons (Fsp3) is 1.00. The summed E-state index contributed by atoms with van der Waals surface area (Å²) in [5, 5.41) is 3.42. The molecule has 4 aliphatic rings. The first-order chi connectivity index (χ1) is 3.81. The molecular formula is C6H10N2. The second-order valence-corrected chi connectivity index (χ2v) is 3.46. The van der Waals surface area contributed by atoms with E-state index in [1.54, 1.807) is 0 Å². The summed E-state index contributed by atoms with van der Waals surface area (Å²) in [6.07, 6.45) is 2.72. The van der Waals surface area contributed by atoms with Crippen LogP contribution in [0, 0.1) is 11.8 Å². The van der Waals surface area contributed by atoms with Crippen molar-refractivity contribution in [2.45, 2.75) is 24.5 Å². The van der Waals surface area contributed by atoms with Crippen LogP contribution in [0.2, 0.25) is 0 Å². The maximum atomic E-state index is 5.93. The molecule has 2 saturated carbocycles. The lowest BCUT2D eigenvalue weighted by Crippen LogP contribution is -2.38. The van der Waals surface area contributed by atoms with E-state index in [0.29, 0.717) is 0 Å². The Bertz CT molecular complexity index is 143. The molecule has 2 atom stereocenters. The van der Waals surface area contributed by atoms with Gasteiger partial charge < -0.3 is 5.73 Å². The van der Waals surface area contributed by atoms with Crippen molar-refractivity contribution >= 4 is 0 Å². The van der Waals surface area contributed by atoms with E-state index in [0.717, 1.165) is 17.9 Å². The minimum absolute atomic E-state index is 0.144. The van der Waals surface area contributed by atoms with E-state index in [1.165, 1.54) is 12.8 Å². The van der Waals surface area contributed by atoms with Gasteiger partial charge in [0.15, 0.2) is 0 Å². The van der Waals surface area contributed by atoms with Crippen LogP contribution in [0.25, 0.3) is 0 Å². The van der Waals surface area contributed by atoms with E-state index in [2.05, 4.69) is 5.32 Å². The molecule has 2 nitrogen and oxygen atoms in total. The van der Waals surface area contributed by atoms with Gasteiger partial charge in [-0.2, -0.15) is 0 Å². The van der Waals surface area contributed by atoms with Crippen molar-refractivity contribution in [3.8, 4) is 0 Å². The molecule has 0 radical (unpaired) electrons. The first kappa shape index (κ1) is 3.85. The van der Waals surface area contributed by atoms with Crippen molar-refractivity contribution < 1.29 is 0 Å². The van der Waals surface area contributed by atoms with Gasteiger partial charge in [-0.1, -0.05) is 0 Å². The fourth-order valence-corrected chi connectivity index (χ4v) is 2.68. The SMILES string of the molecule is NC12NC3CC1C2C3. The third kappa shape index (κ3) is 0.198. The van der Waals surface area contributed by atoms with Gasteiger partial charge in [0.1, 0.15) is 0 Å². The Morgan fingerprint density at radius 1 is 1.38 bits per heavy atom. The van der Waals surface area contributed by atoms with Crippen LogP contribution in [0.5, 0.6) is 0 Å². The standard InChI is InChI=1S/C6H10N2/c7-6-4-1-3(8-6)2-5(4)6/h3-5,8H,1-2,7H2. The van der Waals surface area contributed by atoms with Gasteiger partial charge in [0.2, 0.25) is 0 Å². The maximum absolute atomic E-state index is 5.93. The summed E-state index contributed by atoms with van der Waals surface area (Å²) in [5.74, 6) is 1.74. The van der Waals surface area contributed by atoms with E-state index in [-0.39, 0.29) is 5.66 Å². The van der Waals surface area contributed by atoms with E-state index >= 15 is 0 Å². The molecule has 4 fully saturated rings. The number of rotatable bonds is 0. The Hall–Kier alpha value is -0.0800. The highest BCUT2D eigenvalue weighted by molar-refractivity contribution is 5.27. The van der Waals surface area contributed by atoms with Crippen LogP contribution in [0.1, 0.15) is 12.8 Å². The van der Waals surface area contributed by atoms with Crippen LogP contribution in [0.15, 0.2) is 0 Å². The summed E-state index contributed by atoms with van der Waals surface area (Å²) in [4.78, 5) is 0. The quantitative estimate of drug-likeness (QED) is 0.447. The summed E-state index contributed by atoms with van der Waals surface area (Å²) >= 11 is 0. The number of piperidine rings is 2. The molecule has 2 aliphatic carbocycles. The normalized spacial score (nSPS) is 73.9. The van der Waals surface area contributed by atoms with Gasteiger partial charge in [-0.3, -0.25) is 5.32 Å². The van der Waals surface area contributed by atoms with Crippen LogP contribution in [-0.2, 0) is 0 Å². The summed E-state index contributed by atoms with van der Waals surface area (Å²) < 4.78 is 0. The number of hydrogen-bond donors (Lipinski definition) is 2. The van der Waals surface area contributed by atoms with Gasteiger partial charge >= 0.3 is 0 Å². The van der Waals surface area contributed by atoms with Crippen molar-refractivity contribution in [1.82, 2.24) is 5.32 Å². The zero-order valence-corrected chi connectivity index (χ0v) is 4.72. The molecule has 44 valence electrons. The van der Waals surface area contributed by atoms with Crippen molar-refractivity contribution in [3.63, 3.8) is 0 Å². The van der Waals surface area contributed by atoms with Crippen LogP contribution in [0.4, 0.5) is 0 Å². The van der Waals surface area contributed by atoms with Crippen molar-refractivity contribution in [2.75, 3.05) is 0 Å². The first-order valence-corrected chi connectivity index (χ1v) is 3.37. The monoisotopic (exact) mass is 110 g/mol. The Kier molecular flexibility index (Phi) is 0.364. The zero-order valence-electron chi connectivity index (χ0n) is 4.72. The molecule has 8 heavy (non-hydrogen) atoms. The molecular weight excluding hydrogens is 100 g/mol. The number of nitrogens with two attached hydrogens (primary N) is 1. The first-order valence-electron chi connectivity index (χ1n) is 3.37. The molecule has 2 heterocycles. The lowest BCUT2D eigenvalue weighted by Gasteiger charge is -2.02. The van der Waals surface area contributed by atoms with Gasteiger partial charge in [0.25, 0.3) is 0 Å². The molecule has 2 heteroatoms. The van der Waals surface area contributed by atoms with Gasteiger partial charge in [-0.05, 0) is 24.7 Å². The average Bonchev–Trinajstić information content (AvgIpc) is 2.11. The van der Waals surface area contributed by atoms with Gasteiger partial charge in [0, 0.05) is 6.04 Å². The highest BCUT2D eigenvalue weighted by Gasteiger charge is 2.72. The second kappa shape index (κ2) is 0.755. The largest absolute Gasteiger partial charge is 0.313 e. The maximum Gasteiger partial charge on any atom is 0.0730 e. The Labute approximate surface area is 48.4 Å². The molecule has 2 aliphatic heterocycles. The van der Waals surface area contributed by atoms with Crippen LogP contribution in [-0.4, -0.2) is 11.7 Å². The second-order valence-electron chi connectivity index (χ2n) is 3.46. The lowest BCUT2D eigenvalue weighted by atomic mass is 10.2. The Morgan fingerprint density at radius 2 is 2.00 bits per heavy atom. The van der Waals surface area contributed by atoms with E-state index < -0.39 is 0 Å². The topological polar surface area (TPSA) is 38.0 Å². The fourth-order valence-electron chi connectivity index (χ4n) is 2.68. The minimum Gasteiger partial charge on any atom is -0.313 e. The smallest absolute Gasteiger partial charge is 0.0730 e. The number of hydrogen-bond acceptors (Lipinski definition) is 2. The van der Waals surface area contributed by atoms with Crippen molar-refractivity contribution in [2.24, 2.45) is 17.6 Å². The van der Waals surface area contributed by atoms with E-state index in [1.807, 2.05) is 0 Å². The Morgan fingerprint density at radius 3 is 2.12 bits per heavy atom. The lowest BCUT2D eigenvalue weighted by molar-refractivity contribution is 0.562. The molecule has 4 bridgehead atoms. The molecule has 0 aromatic carbocycles. The molecule has 0 spiro atoms.